The molecule has 8 heteroatoms. The molecule has 2 aromatic carbocycles. The van der Waals surface area contributed by atoms with Crippen molar-refractivity contribution < 1.29 is 19.4 Å². The molecule has 7 nitrogen and oxygen atoms in total. The number of anilines is 4. The van der Waals surface area contributed by atoms with Crippen LogP contribution in [0.15, 0.2) is 42.6 Å². The number of hydrogen-bond donors (Lipinski definition) is 4. The number of aliphatic hydroxyl groups is 1. The quantitative estimate of drug-likeness (QED) is 0.411. The van der Waals surface area contributed by atoms with Gasteiger partial charge in [0, 0.05) is 44.1 Å². The van der Waals surface area contributed by atoms with Gasteiger partial charge in [0.25, 0.3) is 0 Å². The summed E-state index contributed by atoms with van der Waals surface area (Å²) < 4.78 is 14.5. The van der Waals surface area contributed by atoms with Crippen molar-refractivity contribution in [2.75, 3.05) is 30.3 Å². The topological polar surface area (TPSA) is 97.7 Å². The van der Waals surface area contributed by atoms with Crippen LogP contribution in [0.4, 0.5) is 27.3 Å². The lowest BCUT2D eigenvalue weighted by Crippen LogP contribution is -2.20. The minimum absolute atomic E-state index is 0.0286. The zero-order valence-electron chi connectivity index (χ0n) is 19.6. The van der Waals surface area contributed by atoms with E-state index in [9.17, 15) is 19.4 Å². The van der Waals surface area contributed by atoms with Gasteiger partial charge in [-0.05, 0) is 67.1 Å². The van der Waals surface area contributed by atoms with Crippen molar-refractivity contribution in [3.05, 3.63) is 70.7 Å². The number of benzene rings is 2. The van der Waals surface area contributed by atoms with Crippen molar-refractivity contribution in [1.29, 1.82) is 0 Å². The van der Waals surface area contributed by atoms with Crippen molar-refractivity contribution in [3.63, 3.8) is 0 Å². The van der Waals surface area contributed by atoms with E-state index in [0.29, 0.717) is 28.6 Å². The molecule has 0 radical (unpaired) electrons. The number of ketones is 1. The van der Waals surface area contributed by atoms with Gasteiger partial charge in [0.15, 0.2) is 5.78 Å². The smallest absolute Gasteiger partial charge is 0.173 e. The Morgan fingerprint density at radius 2 is 2.09 bits per heavy atom. The largest absolute Gasteiger partial charge is 0.508 e. The summed E-state index contributed by atoms with van der Waals surface area (Å²) in [6.45, 7) is 4.64. The lowest BCUT2D eigenvalue weighted by atomic mass is 10.0. The minimum atomic E-state index is -0.518. The van der Waals surface area contributed by atoms with Crippen molar-refractivity contribution >= 4 is 28.7 Å². The average Bonchev–Trinajstić information content (AvgIpc) is 3.20. The number of aromatic nitrogens is 1. The third-order valence-corrected chi connectivity index (χ3v) is 6.87. The van der Waals surface area contributed by atoms with Gasteiger partial charge in [-0.1, -0.05) is 12.1 Å². The first-order valence-corrected chi connectivity index (χ1v) is 11.9. The van der Waals surface area contributed by atoms with Crippen molar-refractivity contribution in [2.24, 2.45) is 5.92 Å². The van der Waals surface area contributed by atoms with Crippen molar-refractivity contribution in [1.82, 2.24) is 9.88 Å². The number of carbonyl (C=O) groups is 1. The third kappa shape index (κ3) is 4.85. The van der Waals surface area contributed by atoms with Gasteiger partial charge in [0.1, 0.15) is 17.4 Å². The monoisotopic (exact) mass is 476 g/mol. The summed E-state index contributed by atoms with van der Waals surface area (Å²) in [5.41, 5.74) is 4.15. The number of rotatable bonds is 6. The molecule has 0 amide bonds. The number of pyridine rings is 1. The van der Waals surface area contributed by atoms with Crippen molar-refractivity contribution in [3.8, 4) is 5.75 Å². The van der Waals surface area contributed by atoms with E-state index < -0.39 is 5.82 Å². The van der Waals surface area contributed by atoms with Crippen LogP contribution < -0.4 is 10.6 Å². The molecular formula is C27H29FN4O3. The Labute approximate surface area is 203 Å². The summed E-state index contributed by atoms with van der Waals surface area (Å²) in [5, 5.41) is 25.5. The molecule has 182 valence electrons. The number of phenolic OH excluding ortho intramolecular Hbond substituents is 1. The fourth-order valence-electron chi connectivity index (χ4n) is 4.98. The maximum absolute atomic E-state index is 14.5. The minimum Gasteiger partial charge on any atom is -0.508 e. The van der Waals surface area contributed by atoms with Gasteiger partial charge < -0.3 is 20.8 Å². The molecule has 1 fully saturated rings. The Hall–Kier alpha value is -3.49. The normalized spacial score (nSPS) is 17.5. The van der Waals surface area contributed by atoms with E-state index >= 15 is 0 Å². The van der Waals surface area contributed by atoms with E-state index in [2.05, 4.69) is 32.7 Å². The number of carbonyl (C=O) groups excluding carboxylic acids is 1. The van der Waals surface area contributed by atoms with E-state index in [1.807, 2.05) is 6.07 Å². The molecule has 2 aliphatic heterocycles. The second-order valence-electron chi connectivity index (χ2n) is 9.44. The maximum atomic E-state index is 14.5. The number of fused-ring (bicyclic) bond motifs is 2. The first-order valence-electron chi connectivity index (χ1n) is 11.9. The highest BCUT2D eigenvalue weighted by molar-refractivity contribution is 6.09. The molecule has 4 N–H and O–H groups in total. The number of nitrogens with one attached hydrogen (secondary N) is 2. The standard InChI is InChI=1S/C27H29FN4O3/c1-16-10-20(28)23(13-24(16)34)30-22-4-7-29-27-26(22)25(35)12-19-11-18(2-3-21(19)31-27)15-32-8-5-17(14-32)6-9-33/h2-4,7,10-11,13,17,33-34H,5-6,8-9,12,14-15H2,1H3,(H2,29,30,31). The Balaban J connectivity index is 1.38. The highest BCUT2D eigenvalue weighted by Crippen LogP contribution is 2.36. The molecular weight excluding hydrogens is 447 g/mol. The summed E-state index contributed by atoms with van der Waals surface area (Å²) in [4.78, 5) is 20.1. The lowest BCUT2D eigenvalue weighted by molar-refractivity contribution is 0.0995. The molecule has 0 aliphatic carbocycles. The second kappa shape index (κ2) is 9.64. The molecule has 3 aromatic rings. The highest BCUT2D eigenvalue weighted by Gasteiger charge is 2.26. The number of nitrogens with zero attached hydrogens (tertiary/aromatic N) is 2. The van der Waals surface area contributed by atoms with E-state index in [1.165, 1.54) is 12.1 Å². The van der Waals surface area contributed by atoms with Gasteiger partial charge in [-0.2, -0.15) is 0 Å². The zero-order valence-corrected chi connectivity index (χ0v) is 19.6. The third-order valence-electron chi connectivity index (χ3n) is 6.87. The van der Waals surface area contributed by atoms with Gasteiger partial charge in [-0.25, -0.2) is 9.37 Å². The molecule has 0 saturated carbocycles. The fourth-order valence-corrected chi connectivity index (χ4v) is 4.98. The Kier molecular flexibility index (Phi) is 6.40. The predicted octanol–water partition coefficient (Wildman–Crippen LogP) is 4.67. The van der Waals surface area contributed by atoms with E-state index in [4.69, 9.17) is 0 Å². The van der Waals surface area contributed by atoms with Gasteiger partial charge >= 0.3 is 0 Å². The van der Waals surface area contributed by atoms with Crippen LogP contribution in [0, 0.1) is 18.7 Å². The molecule has 1 saturated heterocycles. The van der Waals surface area contributed by atoms with Crippen LogP contribution in [-0.4, -0.2) is 45.6 Å². The number of likely N-dealkylation sites (tertiary alicyclic amines) is 1. The SMILES string of the molecule is Cc1cc(F)c(Nc2ccnc3c2C(=O)Cc2cc(CN4CCC(CCO)C4)ccc2N3)cc1O. The van der Waals surface area contributed by atoms with Crippen LogP contribution in [0.5, 0.6) is 5.75 Å². The average molecular weight is 477 g/mol. The van der Waals surface area contributed by atoms with Crippen LogP contribution in [0.1, 0.15) is 39.9 Å². The van der Waals surface area contributed by atoms with Crippen LogP contribution in [0.25, 0.3) is 0 Å². The Bertz CT molecular complexity index is 1280. The van der Waals surface area contributed by atoms with Crippen molar-refractivity contribution in [2.45, 2.75) is 32.7 Å². The zero-order chi connectivity index (χ0) is 24.5. The van der Waals surface area contributed by atoms with Crippen LogP contribution in [0.2, 0.25) is 0 Å². The van der Waals surface area contributed by atoms with Gasteiger partial charge in [0.2, 0.25) is 0 Å². The summed E-state index contributed by atoms with van der Waals surface area (Å²) in [6.07, 6.45) is 3.69. The van der Waals surface area contributed by atoms with Gasteiger partial charge in [-0.3, -0.25) is 9.69 Å². The van der Waals surface area contributed by atoms with E-state index in [1.54, 1.807) is 19.2 Å². The first-order chi connectivity index (χ1) is 16.9. The number of Topliss-reactive ketones (excluding diaryl/α,β-unsaturated/α-hetero) is 1. The summed E-state index contributed by atoms with van der Waals surface area (Å²) in [6, 6.07) is 10.3. The molecule has 1 aromatic heterocycles. The maximum Gasteiger partial charge on any atom is 0.173 e. The molecule has 35 heavy (non-hydrogen) atoms. The number of aromatic hydroxyl groups is 1. The molecule has 1 unspecified atom stereocenters. The summed E-state index contributed by atoms with van der Waals surface area (Å²) >= 11 is 0. The van der Waals surface area contributed by atoms with Crippen LogP contribution >= 0.6 is 0 Å². The van der Waals surface area contributed by atoms with Crippen LogP contribution in [0.3, 0.4) is 0 Å². The lowest BCUT2D eigenvalue weighted by Gasteiger charge is -2.17. The van der Waals surface area contributed by atoms with Crippen LogP contribution in [-0.2, 0) is 13.0 Å². The fraction of sp³-hybridized carbons (Fsp3) is 0.333. The van der Waals surface area contributed by atoms with E-state index in [-0.39, 0.29) is 30.2 Å². The molecule has 1 atom stereocenters. The predicted molar refractivity (Wildman–Crippen MR) is 133 cm³/mol. The Morgan fingerprint density at radius 3 is 2.91 bits per heavy atom. The van der Waals surface area contributed by atoms with E-state index in [0.717, 1.165) is 49.3 Å². The number of aliphatic hydroxyl groups excluding tert-OH is 1. The summed E-state index contributed by atoms with van der Waals surface area (Å²) in [5.74, 6) is 0.278. The molecule has 3 heterocycles. The second-order valence-corrected chi connectivity index (χ2v) is 9.44. The molecule has 0 bridgehead atoms. The Morgan fingerprint density at radius 1 is 1.23 bits per heavy atom. The number of phenols is 1. The van der Waals surface area contributed by atoms with Gasteiger partial charge in [-0.15, -0.1) is 0 Å². The highest BCUT2D eigenvalue weighted by atomic mass is 19.1. The first kappa shape index (κ1) is 23.3. The van der Waals surface area contributed by atoms with Gasteiger partial charge in [0.05, 0.1) is 16.9 Å². The number of halogens is 1. The molecule has 0 spiro atoms. The summed E-state index contributed by atoms with van der Waals surface area (Å²) in [7, 11) is 0. The molecule has 2 aliphatic rings. The molecule has 5 rings (SSSR count). The number of hydrogen-bond acceptors (Lipinski definition) is 7. The number of aryl methyl sites for hydroxylation is 1.